The quantitative estimate of drug-likeness (QED) is 0.784. The summed E-state index contributed by atoms with van der Waals surface area (Å²) < 4.78 is 6.80. The Morgan fingerprint density at radius 2 is 1.90 bits per heavy atom. The van der Waals surface area contributed by atoms with Gasteiger partial charge in [0, 0.05) is 6.04 Å². The Bertz CT molecular complexity index is 615. The SMILES string of the molecule is CNC(C)c1ccc(Oc2cc(C)ccc2Cl)c(Br)c1. The zero-order valence-electron chi connectivity index (χ0n) is 11.7. The summed E-state index contributed by atoms with van der Waals surface area (Å²) in [5.74, 6) is 1.42. The van der Waals surface area contributed by atoms with Gasteiger partial charge >= 0.3 is 0 Å². The van der Waals surface area contributed by atoms with Gasteiger partial charge in [0.25, 0.3) is 0 Å². The number of ether oxygens (including phenoxy) is 1. The van der Waals surface area contributed by atoms with Crippen LogP contribution in [0.5, 0.6) is 11.5 Å². The minimum absolute atomic E-state index is 0.294. The van der Waals surface area contributed by atoms with Crippen molar-refractivity contribution in [3.63, 3.8) is 0 Å². The first kappa shape index (κ1) is 15.4. The van der Waals surface area contributed by atoms with Crippen LogP contribution in [-0.4, -0.2) is 7.05 Å². The molecule has 20 heavy (non-hydrogen) atoms. The van der Waals surface area contributed by atoms with Gasteiger partial charge in [-0.2, -0.15) is 0 Å². The van der Waals surface area contributed by atoms with E-state index in [1.807, 2.05) is 44.3 Å². The third-order valence-electron chi connectivity index (χ3n) is 3.20. The lowest BCUT2D eigenvalue weighted by Gasteiger charge is -2.14. The van der Waals surface area contributed by atoms with Crippen LogP contribution >= 0.6 is 27.5 Å². The normalized spacial score (nSPS) is 12.2. The van der Waals surface area contributed by atoms with Crippen molar-refractivity contribution in [1.29, 1.82) is 0 Å². The highest BCUT2D eigenvalue weighted by molar-refractivity contribution is 9.10. The topological polar surface area (TPSA) is 21.3 Å². The molecule has 0 aliphatic heterocycles. The summed E-state index contributed by atoms with van der Waals surface area (Å²) in [6.45, 7) is 4.12. The van der Waals surface area contributed by atoms with Gasteiger partial charge < -0.3 is 10.1 Å². The van der Waals surface area contributed by atoms with Gasteiger partial charge in [0.2, 0.25) is 0 Å². The van der Waals surface area contributed by atoms with E-state index in [1.54, 1.807) is 0 Å². The summed E-state index contributed by atoms with van der Waals surface area (Å²) in [5, 5.41) is 3.82. The Kier molecular flexibility index (Phi) is 5.08. The zero-order valence-corrected chi connectivity index (χ0v) is 14.0. The fraction of sp³-hybridized carbons (Fsp3) is 0.250. The summed E-state index contributed by atoms with van der Waals surface area (Å²) in [4.78, 5) is 0. The van der Waals surface area contributed by atoms with Crippen LogP contribution in [0.15, 0.2) is 40.9 Å². The Labute approximate surface area is 133 Å². The molecule has 4 heteroatoms. The molecule has 0 bridgehead atoms. The first-order valence-corrected chi connectivity index (χ1v) is 7.59. The molecular formula is C16H17BrClNO. The number of nitrogens with one attached hydrogen (secondary N) is 1. The van der Waals surface area contributed by atoms with Crippen LogP contribution in [0.25, 0.3) is 0 Å². The molecule has 2 nitrogen and oxygen atoms in total. The largest absolute Gasteiger partial charge is 0.455 e. The number of rotatable bonds is 4. The first-order valence-electron chi connectivity index (χ1n) is 6.42. The fourth-order valence-corrected chi connectivity index (χ4v) is 2.48. The third-order valence-corrected chi connectivity index (χ3v) is 4.13. The van der Waals surface area contributed by atoms with E-state index in [9.17, 15) is 0 Å². The molecule has 1 N–H and O–H groups in total. The molecule has 0 heterocycles. The highest BCUT2D eigenvalue weighted by Gasteiger charge is 2.09. The van der Waals surface area contributed by atoms with E-state index in [2.05, 4.69) is 34.2 Å². The second-order valence-electron chi connectivity index (χ2n) is 4.74. The summed E-state index contributed by atoms with van der Waals surface area (Å²) >= 11 is 9.70. The van der Waals surface area contributed by atoms with E-state index in [0.717, 1.165) is 15.8 Å². The summed E-state index contributed by atoms with van der Waals surface area (Å²) in [7, 11) is 1.94. The van der Waals surface area contributed by atoms with Crippen LogP contribution in [0.4, 0.5) is 0 Å². The first-order chi connectivity index (χ1) is 9.51. The van der Waals surface area contributed by atoms with Crippen molar-refractivity contribution < 1.29 is 4.74 Å². The predicted octanol–water partition coefficient (Wildman–Crippen LogP) is 5.48. The molecule has 0 aliphatic rings. The molecule has 2 aromatic carbocycles. The second kappa shape index (κ2) is 6.61. The molecular weight excluding hydrogens is 338 g/mol. The van der Waals surface area contributed by atoms with E-state index in [-0.39, 0.29) is 0 Å². The molecule has 1 unspecified atom stereocenters. The van der Waals surface area contributed by atoms with E-state index in [1.165, 1.54) is 5.56 Å². The van der Waals surface area contributed by atoms with Crippen LogP contribution < -0.4 is 10.1 Å². The molecule has 0 amide bonds. The van der Waals surface area contributed by atoms with Crippen LogP contribution in [0.3, 0.4) is 0 Å². The summed E-state index contributed by atoms with van der Waals surface area (Å²) in [6.07, 6.45) is 0. The zero-order chi connectivity index (χ0) is 14.7. The van der Waals surface area contributed by atoms with Crippen LogP contribution in [-0.2, 0) is 0 Å². The number of hydrogen-bond donors (Lipinski definition) is 1. The number of halogens is 2. The standard InChI is InChI=1S/C16H17BrClNO/c1-10-4-6-14(18)16(8-10)20-15-7-5-12(9-13(15)17)11(2)19-3/h4-9,11,19H,1-3H3. The maximum atomic E-state index is 6.15. The van der Waals surface area contributed by atoms with Crippen molar-refractivity contribution >= 4 is 27.5 Å². The van der Waals surface area contributed by atoms with Crippen LogP contribution in [0.2, 0.25) is 5.02 Å². The van der Waals surface area contributed by atoms with Crippen LogP contribution in [0, 0.1) is 6.92 Å². The molecule has 1 atom stereocenters. The van der Waals surface area contributed by atoms with Gasteiger partial charge in [-0.15, -0.1) is 0 Å². The molecule has 0 aliphatic carbocycles. The maximum absolute atomic E-state index is 6.15. The molecule has 106 valence electrons. The number of aryl methyl sites for hydroxylation is 1. The highest BCUT2D eigenvalue weighted by Crippen LogP contribution is 2.35. The number of hydrogen-bond acceptors (Lipinski definition) is 2. The van der Waals surface area contributed by atoms with Gasteiger partial charge in [-0.05, 0) is 72.2 Å². The van der Waals surface area contributed by atoms with Crippen molar-refractivity contribution in [3.8, 4) is 11.5 Å². The van der Waals surface area contributed by atoms with Gasteiger partial charge in [-0.25, -0.2) is 0 Å². The average molecular weight is 355 g/mol. The van der Waals surface area contributed by atoms with E-state index >= 15 is 0 Å². The van der Waals surface area contributed by atoms with E-state index < -0.39 is 0 Å². The minimum atomic E-state index is 0.294. The monoisotopic (exact) mass is 353 g/mol. The lowest BCUT2D eigenvalue weighted by Crippen LogP contribution is -2.12. The van der Waals surface area contributed by atoms with Crippen molar-refractivity contribution in [2.24, 2.45) is 0 Å². The maximum Gasteiger partial charge on any atom is 0.146 e. The predicted molar refractivity (Wildman–Crippen MR) is 87.9 cm³/mol. The fourth-order valence-electron chi connectivity index (χ4n) is 1.84. The molecule has 0 spiro atoms. The van der Waals surface area contributed by atoms with E-state index in [0.29, 0.717) is 16.8 Å². The van der Waals surface area contributed by atoms with Crippen molar-refractivity contribution in [1.82, 2.24) is 5.32 Å². The third kappa shape index (κ3) is 3.54. The van der Waals surface area contributed by atoms with Gasteiger partial charge in [0.05, 0.1) is 9.50 Å². The van der Waals surface area contributed by atoms with Crippen molar-refractivity contribution in [2.45, 2.75) is 19.9 Å². The Balaban J connectivity index is 2.28. The molecule has 0 aromatic heterocycles. The van der Waals surface area contributed by atoms with Gasteiger partial charge in [-0.1, -0.05) is 23.7 Å². The summed E-state index contributed by atoms with van der Waals surface area (Å²) in [6, 6.07) is 12.1. The molecule has 0 fully saturated rings. The minimum Gasteiger partial charge on any atom is -0.455 e. The van der Waals surface area contributed by atoms with Gasteiger partial charge in [-0.3, -0.25) is 0 Å². The molecule has 0 saturated heterocycles. The van der Waals surface area contributed by atoms with Gasteiger partial charge in [0.1, 0.15) is 11.5 Å². The molecule has 2 rings (SSSR count). The Hall–Kier alpha value is -1.03. The smallest absolute Gasteiger partial charge is 0.146 e. The summed E-state index contributed by atoms with van der Waals surface area (Å²) in [5.41, 5.74) is 2.31. The Morgan fingerprint density at radius 3 is 2.55 bits per heavy atom. The van der Waals surface area contributed by atoms with Crippen molar-refractivity contribution in [2.75, 3.05) is 7.05 Å². The number of benzene rings is 2. The Morgan fingerprint density at radius 1 is 1.15 bits per heavy atom. The van der Waals surface area contributed by atoms with E-state index in [4.69, 9.17) is 16.3 Å². The average Bonchev–Trinajstić information content (AvgIpc) is 2.44. The second-order valence-corrected chi connectivity index (χ2v) is 6.00. The lowest BCUT2D eigenvalue weighted by molar-refractivity contribution is 0.479. The van der Waals surface area contributed by atoms with Gasteiger partial charge in [0.15, 0.2) is 0 Å². The molecule has 0 radical (unpaired) electrons. The molecule has 2 aromatic rings. The van der Waals surface area contributed by atoms with Crippen LogP contribution in [0.1, 0.15) is 24.1 Å². The molecule has 0 saturated carbocycles. The lowest BCUT2D eigenvalue weighted by atomic mass is 10.1. The highest BCUT2D eigenvalue weighted by atomic mass is 79.9. The van der Waals surface area contributed by atoms with Crippen molar-refractivity contribution in [3.05, 3.63) is 57.0 Å².